The number of fused-ring (bicyclic) bond motifs is 1. The summed E-state index contributed by atoms with van der Waals surface area (Å²) in [4.78, 5) is 0. The summed E-state index contributed by atoms with van der Waals surface area (Å²) in [7, 11) is 0. The van der Waals surface area contributed by atoms with Crippen LogP contribution in [0.5, 0.6) is 0 Å². The Kier molecular flexibility index (Phi) is 9.16. The number of hydrogen-bond acceptors (Lipinski definition) is 0. The third kappa shape index (κ3) is 4.88. The molecule has 1 aliphatic rings. The molecule has 0 saturated heterocycles. The van der Waals surface area contributed by atoms with Crippen molar-refractivity contribution >= 4 is 6.08 Å². The molecule has 0 amide bonds. The molecule has 0 fully saturated rings. The van der Waals surface area contributed by atoms with E-state index in [2.05, 4.69) is 69.3 Å². The second kappa shape index (κ2) is 10.1. The van der Waals surface area contributed by atoms with E-state index >= 15 is 0 Å². The van der Waals surface area contributed by atoms with E-state index in [1.165, 1.54) is 41.5 Å². The van der Waals surface area contributed by atoms with Gasteiger partial charge in [0.15, 0.2) is 0 Å². The summed E-state index contributed by atoms with van der Waals surface area (Å²) in [6.07, 6.45) is 6.33. The van der Waals surface area contributed by atoms with Crippen LogP contribution < -0.4 is 24.8 Å². The standard InChI is InChI=1S/C22H25.2ClH.Zr/c1-4-5-7-17-14-20-8-6-9-21(22(20)15-17)19-12-10-18(11-13-19)16(2)3;;;/h6,8-16H,4-5,7H2,1-3H3;2*1H;/q;;;+2/p-2. The van der Waals surface area contributed by atoms with Crippen molar-refractivity contribution in [2.45, 2.75) is 49.6 Å². The number of unbranched alkanes of at least 4 members (excludes halogenated alkanes) is 1. The van der Waals surface area contributed by atoms with E-state index in [9.17, 15) is 0 Å². The zero-order chi connectivity index (χ0) is 16.4. The minimum atomic E-state index is 0. The number of hydrogen-bond donors (Lipinski definition) is 0. The fourth-order valence-corrected chi connectivity index (χ4v) is 4.54. The van der Waals surface area contributed by atoms with Crippen molar-refractivity contribution in [1.29, 1.82) is 0 Å². The fourth-order valence-electron chi connectivity index (χ4n) is 3.36. The molecule has 0 heterocycles. The zero-order valence-electron chi connectivity index (χ0n) is 15.2. The van der Waals surface area contributed by atoms with Gasteiger partial charge in [0.1, 0.15) is 0 Å². The molecule has 1 atom stereocenters. The third-order valence-corrected chi connectivity index (χ3v) is 6.53. The Hall–Kier alpha value is -0.357. The first-order valence-corrected chi connectivity index (χ1v) is 10.2. The molecule has 1 aliphatic carbocycles. The first-order valence-electron chi connectivity index (χ1n) is 8.76. The summed E-state index contributed by atoms with van der Waals surface area (Å²) in [6, 6.07) is 16.0. The molecule has 25 heavy (non-hydrogen) atoms. The second-order valence-corrected chi connectivity index (χ2v) is 8.26. The third-order valence-electron chi connectivity index (χ3n) is 4.86. The average Bonchev–Trinajstić information content (AvgIpc) is 2.89. The van der Waals surface area contributed by atoms with E-state index in [0.717, 1.165) is 0 Å². The van der Waals surface area contributed by atoms with E-state index in [1.54, 1.807) is 35.9 Å². The molecule has 0 spiro atoms. The maximum absolute atomic E-state index is 2.48. The molecule has 131 valence electrons. The van der Waals surface area contributed by atoms with E-state index in [0.29, 0.717) is 9.54 Å². The molecule has 0 aromatic heterocycles. The van der Waals surface area contributed by atoms with Crippen LogP contribution in [0, 0.1) is 0 Å². The molecule has 2 aromatic rings. The summed E-state index contributed by atoms with van der Waals surface area (Å²) in [6.45, 7) is 6.79. The van der Waals surface area contributed by atoms with Crippen molar-refractivity contribution in [3.63, 3.8) is 0 Å². The first kappa shape index (κ1) is 22.7. The van der Waals surface area contributed by atoms with Crippen molar-refractivity contribution in [3.05, 3.63) is 64.7 Å². The summed E-state index contributed by atoms with van der Waals surface area (Å²) < 4.78 is 0.665. The van der Waals surface area contributed by atoms with Gasteiger partial charge in [0.2, 0.25) is 0 Å². The van der Waals surface area contributed by atoms with Crippen LogP contribution in [0.2, 0.25) is 0 Å². The molecule has 0 N–H and O–H groups in total. The number of benzene rings is 2. The molecular formula is C22H25Cl2Zr. The van der Waals surface area contributed by atoms with Crippen molar-refractivity contribution < 1.29 is 49.5 Å². The normalized spacial score (nSPS) is 15.3. The minimum Gasteiger partial charge on any atom is -1.00 e. The molecular weight excluding hydrogens is 426 g/mol. The van der Waals surface area contributed by atoms with Crippen LogP contribution in [0.1, 0.15) is 66.3 Å². The molecule has 3 rings (SSSR count). The quantitative estimate of drug-likeness (QED) is 0.627. The van der Waals surface area contributed by atoms with E-state index in [-0.39, 0.29) is 24.8 Å². The van der Waals surface area contributed by atoms with Crippen molar-refractivity contribution in [3.8, 4) is 11.1 Å². The fraction of sp³-hybridized carbons (Fsp3) is 0.364. The van der Waals surface area contributed by atoms with Crippen molar-refractivity contribution in [1.82, 2.24) is 0 Å². The Balaban J connectivity index is 0.00000156. The maximum Gasteiger partial charge on any atom is -1.00 e. The SMILES string of the molecule is CCCCC1=Cc2c(-c3ccc(C(C)C)cc3)cccc2[CH]1[Zr+2].[Cl-].[Cl-]. The molecule has 0 radical (unpaired) electrons. The van der Waals surface area contributed by atoms with Gasteiger partial charge in [0, 0.05) is 0 Å². The Morgan fingerprint density at radius 2 is 1.68 bits per heavy atom. The molecule has 0 saturated carbocycles. The van der Waals surface area contributed by atoms with Crippen LogP contribution in [0.4, 0.5) is 0 Å². The number of rotatable bonds is 5. The Morgan fingerprint density at radius 1 is 1.00 bits per heavy atom. The Morgan fingerprint density at radius 3 is 2.28 bits per heavy atom. The predicted octanol–water partition coefficient (Wildman–Crippen LogP) is 0.660. The Bertz CT molecular complexity index is 717. The largest absolute Gasteiger partial charge is 1.00 e. The van der Waals surface area contributed by atoms with E-state index < -0.39 is 0 Å². The Labute approximate surface area is 180 Å². The van der Waals surface area contributed by atoms with Crippen LogP contribution >= 0.6 is 0 Å². The first-order chi connectivity index (χ1) is 11.1. The van der Waals surface area contributed by atoms with Gasteiger partial charge in [-0.25, -0.2) is 0 Å². The van der Waals surface area contributed by atoms with Gasteiger partial charge >= 0.3 is 156 Å². The van der Waals surface area contributed by atoms with Gasteiger partial charge in [-0.15, -0.1) is 0 Å². The van der Waals surface area contributed by atoms with Crippen LogP contribution in [-0.4, -0.2) is 0 Å². The van der Waals surface area contributed by atoms with Gasteiger partial charge in [0.05, 0.1) is 0 Å². The van der Waals surface area contributed by atoms with Gasteiger partial charge in [-0.05, 0) is 0 Å². The summed E-state index contributed by atoms with van der Waals surface area (Å²) in [5.74, 6) is 0.593. The zero-order valence-corrected chi connectivity index (χ0v) is 19.1. The van der Waals surface area contributed by atoms with Crippen molar-refractivity contribution in [2.24, 2.45) is 0 Å². The van der Waals surface area contributed by atoms with Gasteiger partial charge in [-0.3, -0.25) is 0 Å². The minimum absolute atomic E-state index is 0. The van der Waals surface area contributed by atoms with Crippen LogP contribution in [0.25, 0.3) is 17.2 Å². The van der Waals surface area contributed by atoms with Gasteiger partial charge < -0.3 is 24.8 Å². The predicted molar refractivity (Wildman–Crippen MR) is 96.2 cm³/mol. The summed E-state index contributed by atoms with van der Waals surface area (Å²) in [5, 5.41) is 0. The topological polar surface area (TPSA) is 0 Å². The maximum atomic E-state index is 2.48. The van der Waals surface area contributed by atoms with Gasteiger partial charge in [0.25, 0.3) is 0 Å². The van der Waals surface area contributed by atoms with Crippen LogP contribution in [0.3, 0.4) is 0 Å². The molecule has 0 bridgehead atoms. The summed E-state index contributed by atoms with van der Waals surface area (Å²) in [5.41, 5.74) is 8.82. The van der Waals surface area contributed by atoms with Crippen LogP contribution in [-0.2, 0) is 24.7 Å². The molecule has 2 aromatic carbocycles. The number of allylic oxidation sites excluding steroid dienone is 1. The van der Waals surface area contributed by atoms with Gasteiger partial charge in [-0.2, -0.15) is 0 Å². The summed E-state index contributed by atoms with van der Waals surface area (Å²) >= 11 is 1.62. The molecule has 1 unspecified atom stereocenters. The molecule has 0 aliphatic heterocycles. The van der Waals surface area contributed by atoms with Gasteiger partial charge in [-0.1, -0.05) is 0 Å². The number of halogens is 2. The second-order valence-electron chi connectivity index (χ2n) is 6.84. The molecule has 3 heteroatoms. The van der Waals surface area contributed by atoms with Crippen molar-refractivity contribution in [2.75, 3.05) is 0 Å². The average molecular weight is 452 g/mol. The molecule has 0 nitrogen and oxygen atoms in total. The monoisotopic (exact) mass is 449 g/mol. The smallest absolute Gasteiger partial charge is 1.00 e. The van der Waals surface area contributed by atoms with Crippen LogP contribution in [0.15, 0.2) is 48.0 Å². The van der Waals surface area contributed by atoms with E-state index in [1.807, 2.05) is 0 Å². The van der Waals surface area contributed by atoms with E-state index in [4.69, 9.17) is 0 Å².